The van der Waals surface area contributed by atoms with Crippen LogP contribution in [0.25, 0.3) is 5.57 Å². The standard InChI is InChI=1S/C26H21F2NO/c1-18-5-3-2-4-6-26(18)30-17-23-12-9-20-8-7-19(10-14-25(20)29-23)24-13-11-22(28)15-21(24)16-27/h2-8,10-15H,1,9,16-17H2. The molecule has 2 aliphatic carbocycles. The van der Waals surface area contributed by atoms with E-state index in [1.54, 1.807) is 6.07 Å². The maximum absolute atomic E-state index is 13.4. The van der Waals surface area contributed by atoms with Crippen molar-refractivity contribution >= 4 is 11.3 Å². The molecule has 4 heteroatoms. The van der Waals surface area contributed by atoms with E-state index in [9.17, 15) is 8.78 Å². The number of hydrogen-bond donors (Lipinski definition) is 0. The summed E-state index contributed by atoms with van der Waals surface area (Å²) in [5.74, 6) is 0.283. The van der Waals surface area contributed by atoms with Gasteiger partial charge in [0.2, 0.25) is 0 Å². The highest BCUT2D eigenvalue weighted by Crippen LogP contribution is 2.28. The summed E-state index contributed by atoms with van der Waals surface area (Å²) in [5.41, 5.74) is 5.41. The maximum Gasteiger partial charge on any atom is 0.130 e. The summed E-state index contributed by atoms with van der Waals surface area (Å²) in [6, 6.07) is 4.21. The fraction of sp³-hybridized carbons (Fsp3) is 0.115. The fourth-order valence-electron chi connectivity index (χ4n) is 3.40. The number of benzene rings is 1. The number of hydrogen-bond acceptors (Lipinski definition) is 2. The van der Waals surface area contributed by atoms with Crippen LogP contribution in [0.15, 0.2) is 113 Å². The molecule has 0 spiro atoms. The van der Waals surface area contributed by atoms with Crippen molar-refractivity contribution in [3.05, 3.63) is 125 Å². The Morgan fingerprint density at radius 1 is 1.03 bits per heavy atom. The second-order valence-corrected chi connectivity index (χ2v) is 7.07. The second kappa shape index (κ2) is 8.87. The number of nitrogens with zero attached hydrogens (tertiary/aromatic N) is 1. The Morgan fingerprint density at radius 3 is 2.80 bits per heavy atom. The molecule has 0 saturated heterocycles. The SMILES string of the molecule is C=C1C=CC=CC=C1OCC1=CCC2=CC=C(c3ccc(F)cc3CF)C=CC2=N1. The number of allylic oxidation sites excluding steroid dienone is 12. The van der Waals surface area contributed by atoms with Crippen molar-refractivity contribution in [2.24, 2.45) is 4.99 Å². The number of alkyl halides is 1. The minimum atomic E-state index is -0.718. The molecule has 0 saturated carbocycles. The summed E-state index contributed by atoms with van der Waals surface area (Å²) >= 11 is 0. The van der Waals surface area contributed by atoms with Gasteiger partial charge in [0.25, 0.3) is 0 Å². The molecule has 3 aliphatic rings. The van der Waals surface area contributed by atoms with Gasteiger partial charge in [-0.25, -0.2) is 13.8 Å². The Bertz CT molecular complexity index is 1120. The summed E-state index contributed by atoms with van der Waals surface area (Å²) in [6.45, 7) is 3.63. The Hall–Kier alpha value is -3.53. The summed E-state index contributed by atoms with van der Waals surface area (Å²) in [7, 11) is 0. The Labute approximate surface area is 175 Å². The van der Waals surface area contributed by atoms with E-state index in [-0.39, 0.29) is 0 Å². The fourth-order valence-corrected chi connectivity index (χ4v) is 3.40. The summed E-state index contributed by atoms with van der Waals surface area (Å²) in [5, 5.41) is 0. The van der Waals surface area contributed by atoms with Crippen LogP contribution in [0.4, 0.5) is 8.78 Å². The van der Waals surface area contributed by atoms with Crippen LogP contribution in [0.3, 0.4) is 0 Å². The number of fused-ring (bicyclic) bond motifs is 1. The van der Waals surface area contributed by atoms with Gasteiger partial charge < -0.3 is 4.74 Å². The summed E-state index contributed by atoms with van der Waals surface area (Å²) < 4.78 is 32.7. The van der Waals surface area contributed by atoms with Gasteiger partial charge in [-0.15, -0.1) is 0 Å². The molecule has 150 valence electrons. The van der Waals surface area contributed by atoms with Gasteiger partial charge in [0.1, 0.15) is 24.9 Å². The van der Waals surface area contributed by atoms with Gasteiger partial charge >= 0.3 is 0 Å². The highest BCUT2D eigenvalue weighted by atomic mass is 19.1. The molecule has 1 aliphatic heterocycles. The van der Waals surface area contributed by atoms with Gasteiger partial charge in [-0.1, -0.05) is 61.3 Å². The number of halogens is 2. The first-order valence-electron chi connectivity index (χ1n) is 9.73. The Balaban J connectivity index is 1.51. The lowest BCUT2D eigenvalue weighted by Crippen LogP contribution is -2.08. The third-order valence-electron chi connectivity index (χ3n) is 5.02. The predicted molar refractivity (Wildman–Crippen MR) is 118 cm³/mol. The zero-order valence-corrected chi connectivity index (χ0v) is 16.4. The van der Waals surface area contributed by atoms with E-state index < -0.39 is 12.5 Å². The first-order valence-corrected chi connectivity index (χ1v) is 9.73. The van der Waals surface area contributed by atoms with Crippen molar-refractivity contribution in [2.45, 2.75) is 13.1 Å². The molecular weight excluding hydrogens is 380 g/mol. The van der Waals surface area contributed by atoms with Gasteiger partial charge in [-0.05, 0) is 53.0 Å². The second-order valence-electron chi connectivity index (χ2n) is 7.07. The van der Waals surface area contributed by atoms with Crippen molar-refractivity contribution in [3.63, 3.8) is 0 Å². The largest absolute Gasteiger partial charge is 0.487 e. The molecule has 0 aromatic heterocycles. The zero-order chi connectivity index (χ0) is 20.9. The molecule has 0 unspecified atom stereocenters. The smallest absolute Gasteiger partial charge is 0.130 e. The van der Waals surface area contributed by atoms with Gasteiger partial charge in [0, 0.05) is 5.57 Å². The topological polar surface area (TPSA) is 21.6 Å². The van der Waals surface area contributed by atoms with E-state index in [0.29, 0.717) is 17.7 Å². The first kappa shape index (κ1) is 19.8. The lowest BCUT2D eigenvalue weighted by atomic mass is 9.99. The van der Waals surface area contributed by atoms with Crippen molar-refractivity contribution in [1.29, 1.82) is 0 Å². The molecule has 1 heterocycles. The third-order valence-corrected chi connectivity index (χ3v) is 5.02. The van der Waals surface area contributed by atoms with Crippen molar-refractivity contribution in [3.8, 4) is 0 Å². The van der Waals surface area contributed by atoms with Gasteiger partial charge in [-0.2, -0.15) is 0 Å². The van der Waals surface area contributed by atoms with E-state index in [2.05, 4.69) is 6.58 Å². The van der Waals surface area contributed by atoms with E-state index in [1.807, 2.05) is 60.8 Å². The highest BCUT2D eigenvalue weighted by Gasteiger charge is 2.15. The number of aliphatic imine (C=N–C) groups is 1. The average molecular weight is 401 g/mol. The van der Waals surface area contributed by atoms with Crippen molar-refractivity contribution in [2.75, 3.05) is 6.61 Å². The first-order chi connectivity index (χ1) is 14.6. The lowest BCUT2D eigenvalue weighted by molar-refractivity contribution is 0.248. The van der Waals surface area contributed by atoms with Gasteiger partial charge in [0.15, 0.2) is 0 Å². The van der Waals surface area contributed by atoms with Crippen LogP contribution in [0, 0.1) is 5.82 Å². The molecule has 4 rings (SSSR count). The molecule has 1 aromatic rings. The molecule has 1 aromatic carbocycles. The van der Waals surface area contributed by atoms with Crippen molar-refractivity contribution < 1.29 is 13.5 Å². The summed E-state index contributed by atoms with van der Waals surface area (Å²) in [6.07, 6.45) is 20.0. The molecule has 30 heavy (non-hydrogen) atoms. The van der Waals surface area contributed by atoms with Crippen LogP contribution >= 0.6 is 0 Å². The minimum absolute atomic E-state index is 0.336. The van der Waals surface area contributed by atoms with E-state index in [1.165, 1.54) is 12.1 Å². The van der Waals surface area contributed by atoms with Crippen LogP contribution in [-0.4, -0.2) is 12.3 Å². The number of rotatable bonds is 5. The van der Waals surface area contributed by atoms with Crippen LogP contribution in [0.1, 0.15) is 17.5 Å². The van der Waals surface area contributed by atoms with Crippen LogP contribution < -0.4 is 0 Å². The Kier molecular flexibility index (Phi) is 5.84. The van der Waals surface area contributed by atoms with E-state index in [0.717, 1.165) is 40.3 Å². The van der Waals surface area contributed by atoms with Crippen LogP contribution in [0.5, 0.6) is 0 Å². The van der Waals surface area contributed by atoms with Crippen LogP contribution in [0.2, 0.25) is 0 Å². The van der Waals surface area contributed by atoms with Crippen molar-refractivity contribution in [1.82, 2.24) is 0 Å². The molecule has 2 nitrogen and oxygen atoms in total. The zero-order valence-electron chi connectivity index (χ0n) is 16.4. The quantitative estimate of drug-likeness (QED) is 0.553. The highest BCUT2D eigenvalue weighted by molar-refractivity contribution is 6.12. The maximum atomic E-state index is 13.4. The minimum Gasteiger partial charge on any atom is -0.487 e. The van der Waals surface area contributed by atoms with E-state index >= 15 is 0 Å². The third kappa shape index (κ3) is 4.38. The monoisotopic (exact) mass is 401 g/mol. The Morgan fingerprint density at radius 2 is 1.93 bits per heavy atom. The molecule has 0 fully saturated rings. The number of ether oxygens (including phenoxy) is 1. The molecule has 0 atom stereocenters. The predicted octanol–water partition coefficient (Wildman–Crippen LogP) is 6.49. The molecule has 0 radical (unpaired) electrons. The molecule has 0 N–H and O–H groups in total. The molecular formula is C26H21F2NO. The molecule has 0 amide bonds. The lowest BCUT2D eigenvalue weighted by Gasteiger charge is -2.15. The average Bonchev–Trinajstić information content (AvgIpc) is 3.10. The summed E-state index contributed by atoms with van der Waals surface area (Å²) in [4.78, 5) is 4.72. The molecule has 0 bridgehead atoms. The van der Waals surface area contributed by atoms with Crippen LogP contribution in [-0.2, 0) is 11.4 Å². The normalized spacial score (nSPS) is 17.8. The van der Waals surface area contributed by atoms with Gasteiger partial charge in [0.05, 0.1) is 11.4 Å². The van der Waals surface area contributed by atoms with E-state index in [4.69, 9.17) is 9.73 Å². The van der Waals surface area contributed by atoms with Gasteiger partial charge in [-0.3, -0.25) is 0 Å².